The lowest BCUT2D eigenvalue weighted by atomic mass is 10.2. The first-order valence-electron chi connectivity index (χ1n) is 5.54. The SMILES string of the molecule is CCC(C1Nc2ccc(O)cc2O1)N(C)C. The van der Waals surface area contributed by atoms with Crippen LogP contribution in [0, 0.1) is 0 Å². The lowest BCUT2D eigenvalue weighted by molar-refractivity contribution is 0.127. The Morgan fingerprint density at radius 2 is 2.25 bits per heavy atom. The van der Waals surface area contributed by atoms with Gasteiger partial charge in [0.15, 0.2) is 6.23 Å². The van der Waals surface area contributed by atoms with Gasteiger partial charge in [0, 0.05) is 6.07 Å². The summed E-state index contributed by atoms with van der Waals surface area (Å²) in [5.74, 6) is 0.962. The highest BCUT2D eigenvalue weighted by atomic mass is 16.5. The van der Waals surface area contributed by atoms with Gasteiger partial charge in [0.2, 0.25) is 0 Å². The molecular formula is C12H18N2O2. The number of rotatable bonds is 3. The number of fused-ring (bicyclic) bond motifs is 1. The van der Waals surface area contributed by atoms with Crippen molar-refractivity contribution in [3.63, 3.8) is 0 Å². The number of aromatic hydroxyl groups is 1. The monoisotopic (exact) mass is 222 g/mol. The zero-order valence-electron chi connectivity index (χ0n) is 9.90. The summed E-state index contributed by atoms with van der Waals surface area (Å²) in [5, 5.41) is 12.7. The number of anilines is 1. The van der Waals surface area contributed by atoms with E-state index in [-0.39, 0.29) is 12.0 Å². The number of likely N-dealkylation sites (N-methyl/N-ethyl adjacent to an activating group) is 1. The average molecular weight is 222 g/mol. The van der Waals surface area contributed by atoms with Crippen molar-refractivity contribution < 1.29 is 9.84 Å². The van der Waals surface area contributed by atoms with Crippen LogP contribution in [0.2, 0.25) is 0 Å². The van der Waals surface area contributed by atoms with E-state index < -0.39 is 0 Å². The third kappa shape index (κ3) is 1.93. The molecule has 0 spiro atoms. The molecule has 0 saturated heterocycles. The van der Waals surface area contributed by atoms with E-state index in [0.29, 0.717) is 6.04 Å². The zero-order valence-corrected chi connectivity index (χ0v) is 9.90. The number of phenolic OH excluding ortho intramolecular Hbond substituents is 1. The van der Waals surface area contributed by atoms with Crippen LogP contribution in [0.1, 0.15) is 13.3 Å². The van der Waals surface area contributed by atoms with Crippen LogP contribution in [0.3, 0.4) is 0 Å². The molecule has 4 heteroatoms. The van der Waals surface area contributed by atoms with E-state index in [1.807, 2.05) is 20.2 Å². The molecule has 1 aliphatic rings. The number of phenols is 1. The van der Waals surface area contributed by atoms with Gasteiger partial charge in [0.25, 0.3) is 0 Å². The van der Waals surface area contributed by atoms with Crippen LogP contribution in [0.4, 0.5) is 5.69 Å². The van der Waals surface area contributed by atoms with E-state index in [9.17, 15) is 5.11 Å². The average Bonchev–Trinajstić information content (AvgIpc) is 2.60. The Balaban J connectivity index is 2.15. The number of benzene rings is 1. The predicted molar refractivity (Wildman–Crippen MR) is 63.9 cm³/mol. The fourth-order valence-corrected chi connectivity index (χ4v) is 2.07. The number of ether oxygens (including phenoxy) is 1. The standard InChI is InChI=1S/C12H18N2O2/c1-4-10(14(2)3)12-13-9-6-5-8(15)7-11(9)16-12/h5-7,10,12-13,15H,4H2,1-3H3. The normalized spacial score (nSPS) is 20.1. The van der Waals surface area contributed by atoms with Crippen molar-refractivity contribution in [2.75, 3.05) is 19.4 Å². The third-order valence-corrected chi connectivity index (χ3v) is 2.95. The molecule has 2 rings (SSSR count). The summed E-state index contributed by atoms with van der Waals surface area (Å²) in [5.41, 5.74) is 0.947. The molecule has 2 atom stereocenters. The number of hydrogen-bond donors (Lipinski definition) is 2. The Morgan fingerprint density at radius 3 is 2.88 bits per heavy atom. The Morgan fingerprint density at radius 1 is 1.50 bits per heavy atom. The Hall–Kier alpha value is -1.42. The van der Waals surface area contributed by atoms with Crippen LogP contribution in [0.15, 0.2) is 18.2 Å². The van der Waals surface area contributed by atoms with Crippen LogP contribution in [-0.2, 0) is 0 Å². The second-order valence-corrected chi connectivity index (χ2v) is 4.30. The van der Waals surface area contributed by atoms with Gasteiger partial charge in [0.1, 0.15) is 11.5 Å². The van der Waals surface area contributed by atoms with Crippen molar-refractivity contribution in [3.05, 3.63) is 18.2 Å². The minimum absolute atomic E-state index is 0.0446. The first-order chi connectivity index (χ1) is 7.61. The zero-order chi connectivity index (χ0) is 11.7. The van der Waals surface area contributed by atoms with Crippen molar-refractivity contribution in [3.8, 4) is 11.5 Å². The molecular weight excluding hydrogens is 204 g/mol. The van der Waals surface area contributed by atoms with E-state index >= 15 is 0 Å². The highest BCUT2D eigenvalue weighted by Crippen LogP contribution is 2.36. The third-order valence-electron chi connectivity index (χ3n) is 2.95. The molecule has 88 valence electrons. The first-order valence-corrected chi connectivity index (χ1v) is 5.54. The molecule has 0 amide bonds. The summed E-state index contributed by atoms with van der Waals surface area (Å²) < 4.78 is 5.79. The van der Waals surface area contributed by atoms with Crippen LogP contribution in [-0.4, -0.2) is 36.4 Å². The quantitative estimate of drug-likeness (QED) is 0.766. The number of nitrogens with zero attached hydrogens (tertiary/aromatic N) is 1. The summed E-state index contributed by atoms with van der Waals surface area (Å²) in [6.45, 7) is 2.14. The molecule has 16 heavy (non-hydrogen) atoms. The summed E-state index contributed by atoms with van der Waals surface area (Å²) >= 11 is 0. The highest BCUT2D eigenvalue weighted by molar-refractivity contribution is 5.62. The second-order valence-electron chi connectivity index (χ2n) is 4.30. The maximum atomic E-state index is 9.37. The molecule has 0 saturated carbocycles. The summed E-state index contributed by atoms with van der Waals surface area (Å²) in [4.78, 5) is 2.14. The van der Waals surface area contributed by atoms with Gasteiger partial charge in [-0.3, -0.25) is 0 Å². The van der Waals surface area contributed by atoms with Gasteiger partial charge >= 0.3 is 0 Å². The molecule has 0 aliphatic carbocycles. The van der Waals surface area contributed by atoms with E-state index in [2.05, 4.69) is 17.1 Å². The molecule has 2 unspecified atom stereocenters. The summed E-state index contributed by atoms with van der Waals surface area (Å²) in [6, 6.07) is 5.46. The van der Waals surface area contributed by atoms with Gasteiger partial charge in [-0.15, -0.1) is 0 Å². The Kier molecular flexibility index (Phi) is 2.92. The molecule has 1 aliphatic heterocycles. The van der Waals surface area contributed by atoms with Crippen molar-refractivity contribution in [2.45, 2.75) is 25.6 Å². The van der Waals surface area contributed by atoms with Crippen LogP contribution in [0.25, 0.3) is 0 Å². The van der Waals surface area contributed by atoms with Gasteiger partial charge in [-0.05, 0) is 32.6 Å². The minimum Gasteiger partial charge on any atom is -0.508 e. The molecule has 2 N–H and O–H groups in total. The first kappa shape index (κ1) is 11.1. The van der Waals surface area contributed by atoms with E-state index in [1.54, 1.807) is 12.1 Å². The molecule has 0 aromatic heterocycles. The van der Waals surface area contributed by atoms with Gasteiger partial charge in [-0.2, -0.15) is 0 Å². The lowest BCUT2D eigenvalue weighted by Crippen LogP contribution is -2.44. The van der Waals surface area contributed by atoms with Crippen molar-refractivity contribution >= 4 is 5.69 Å². The topological polar surface area (TPSA) is 44.7 Å². The van der Waals surface area contributed by atoms with E-state index in [1.165, 1.54) is 0 Å². The van der Waals surface area contributed by atoms with Gasteiger partial charge in [0.05, 0.1) is 11.7 Å². The minimum atomic E-state index is -0.0446. The lowest BCUT2D eigenvalue weighted by Gasteiger charge is -2.28. The molecule has 1 aromatic carbocycles. The van der Waals surface area contributed by atoms with Crippen LogP contribution in [0.5, 0.6) is 11.5 Å². The van der Waals surface area contributed by atoms with Gasteiger partial charge in [-0.25, -0.2) is 0 Å². The molecule has 0 radical (unpaired) electrons. The van der Waals surface area contributed by atoms with Crippen LogP contribution < -0.4 is 10.1 Å². The van der Waals surface area contributed by atoms with Crippen molar-refractivity contribution in [1.82, 2.24) is 4.90 Å². The number of nitrogens with one attached hydrogen (secondary N) is 1. The predicted octanol–water partition coefficient (Wildman–Crippen LogP) is 1.86. The fraction of sp³-hybridized carbons (Fsp3) is 0.500. The fourth-order valence-electron chi connectivity index (χ4n) is 2.07. The molecule has 0 fully saturated rings. The summed E-state index contributed by atoms with van der Waals surface area (Å²) in [6.07, 6.45) is 0.960. The second kappa shape index (κ2) is 4.22. The van der Waals surface area contributed by atoms with Gasteiger partial charge in [-0.1, -0.05) is 6.92 Å². The number of hydrogen-bond acceptors (Lipinski definition) is 4. The van der Waals surface area contributed by atoms with Crippen molar-refractivity contribution in [2.24, 2.45) is 0 Å². The molecule has 0 bridgehead atoms. The summed E-state index contributed by atoms with van der Waals surface area (Å²) in [7, 11) is 4.08. The molecule has 1 heterocycles. The maximum Gasteiger partial charge on any atom is 0.185 e. The largest absolute Gasteiger partial charge is 0.508 e. The maximum absolute atomic E-state index is 9.37. The van der Waals surface area contributed by atoms with E-state index in [0.717, 1.165) is 17.9 Å². The van der Waals surface area contributed by atoms with Gasteiger partial charge < -0.3 is 20.1 Å². The Bertz CT molecular complexity index is 379. The Labute approximate surface area is 95.8 Å². The molecule has 1 aromatic rings. The smallest absolute Gasteiger partial charge is 0.185 e. The van der Waals surface area contributed by atoms with Crippen molar-refractivity contribution in [1.29, 1.82) is 0 Å². The molecule has 4 nitrogen and oxygen atoms in total. The van der Waals surface area contributed by atoms with E-state index in [4.69, 9.17) is 4.74 Å². The van der Waals surface area contributed by atoms with Crippen LogP contribution >= 0.6 is 0 Å². The highest BCUT2D eigenvalue weighted by Gasteiger charge is 2.30.